The summed E-state index contributed by atoms with van der Waals surface area (Å²) in [5, 5.41) is 4.62. The highest BCUT2D eigenvalue weighted by molar-refractivity contribution is 5.11. The third kappa shape index (κ3) is 2.75. The van der Waals surface area contributed by atoms with Crippen molar-refractivity contribution in [3.8, 4) is 0 Å². The molecular formula is C14H26N4. The molecule has 2 unspecified atom stereocenters. The normalized spacial score (nSPS) is 24.9. The van der Waals surface area contributed by atoms with Crippen molar-refractivity contribution >= 4 is 0 Å². The fourth-order valence-corrected chi connectivity index (χ4v) is 2.91. The first-order valence-electron chi connectivity index (χ1n) is 7.17. The van der Waals surface area contributed by atoms with E-state index in [9.17, 15) is 0 Å². The second kappa shape index (κ2) is 5.85. The summed E-state index contributed by atoms with van der Waals surface area (Å²) in [7, 11) is 0. The second-order valence-electron chi connectivity index (χ2n) is 5.41. The molecule has 1 saturated heterocycles. The minimum absolute atomic E-state index is 0.642. The number of nitrogens with zero attached hydrogens (tertiary/aromatic N) is 3. The molecule has 1 aromatic heterocycles. The molecule has 2 atom stereocenters. The molecule has 102 valence electrons. The Morgan fingerprint density at radius 3 is 2.78 bits per heavy atom. The Labute approximate surface area is 110 Å². The largest absolute Gasteiger partial charge is 0.330 e. The number of hydrogen-bond donors (Lipinski definition) is 1. The van der Waals surface area contributed by atoms with Gasteiger partial charge in [-0.15, -0.1) is 0 Å². The van der Waals surface area contributed by atoms with Crippen LogP contribution in [-0.4, -0.2) is 33.8 Å². The number of aromatic nitrogens is 2. The highest BCUT2D eigenvalue weighted by Gasteiger charge is 2.28. The molecule has 1 aliphatic rings. The summed E-state index contributed by atoms with van der Waals surface area (Å²) in [4.78, 5) is 2.54. The highest BCUT2D eigenvalue weighted by Crippen LogP contribution is 2.24. The smallest absolute Gasteiger partial charge is 0.0625 e. The Morgan fingerprint density at radius 2 is 2.22 bits per heavy atom. The van der Waals surface area contributed by atoms with Crippen LogP contribution in [-0.2, 0) is 19.5 Å². The topological polar surface area (TPSA) is 47.1 Å². The lowest BCUT2D eigenvalue weighted by Crippen LogP contribution is -2.28. The maximum absolute atomic E-state index is 5.79. The SMILES string of the molecule is CCc1cc(CN2CC(CN)CC2C)n(CC)n1. The lowest BCUT2D eigenvalue weighted by atomic mass is 10.1. The van der Waals surface area contributed by atoms with Crippen LogP contribution in [0, 0.1) is 5.92 Å². The van der Waals surface area contributed by atoms with Crippen molar-refractivity contribution in [2.24, 2.45) is 11.7 Å². The second-order valence-corrected chi connectivity index (χ2v) is 5.41. The summed E-state index contributed by atoms with van der Waals surface area (Å²) in [5.74, 6) is 0.670. The van der Waals surface area contributed by atoms with E-state index in [0.29, 0.717) is 12.0 Å². The van der Waals surface area contributed by atoms with E-state index in [4.69, 9.17) is 5.73 Å². The van der Waals surface area contributed by atoms with E-state index in [0.717, 1.165) is 32.6 Å². The number of hydrogen-bond acceptors (Lipinski definition) is 3. The van der Waals surface area contributed by atoms with Crippen molar-refractivity contribution in [3.63, 3.8) is 0 Å². The van der Waals surface area contributed by atoms with Gasteiger partial charge in [-0.25, -0.2) is 0 Å². The Hall–Kier alpha value is -0.870. The summed E-state index contributed by atoms with van der Waals surface area (Å²) in [6, 6.07) is 2.90. The van der Waals surface area contributed by atoms with Crippen LogP contribution in [0.25, 0.3) is 0 Å². The molecular weight excluding hydrogens is 224 g/mol. The van der Waals surface area contributed by atoms with Crippen LogP contribution in [0.3, 0.4) is 0 Å². The Kier molecular flexibility index (Phi) is 4.40. The lowest BCUT2D eigenvalue weighted by molar-refractivity contribution is 0.248. The third-order valence-electron chi connectivity index (χ3n) is 4.06. The van der Waals surface area contributed by atoms with Gasteiger partial charge in [-0.1, -0.05) is 6.92 Å². The maximum atomic E-state index is 5.79. The molecule has 1 aliphatic heterocycles. The van der Waals surface area contributed by atoms with Gasteiger partial charge in [-0.2, -0.15) is 5.10 Å². The van der Waals surface area contributed by atoms with Crippen LogP contribution < -0.4 is 5.73 Å². The first-order chi connectivity index (χ1) is 8.67. The van der Waals surface area contributed by atoms with Gasteiger partial charge in [-0.05, 0) is 45.2 Å². The molecule has 2 N–H and O–H groups in total. The molecule has 18 heavy (non-hydrogen) atoms. The summed E-state index contributed by atoms with van der Waals surface area (Å²) in [6.07, 6.45) is 2.25. The molecule has 0 radical (unpaired) electrons. The Balaban J connectivity index is 2.06. The van der Waals surface area contributed by atoms with Gasteiger partial charge in [0.25, 0.3) is 0 Å². The molecule has 0 amide bonds. The van der Waals surface area contributed by atoms with Crippen LogP contribution in [0.4, 0.5) is 0 Å². The van der Waals surface area contributed by atoms with Gasteiger partial charge in [0, 0.05) is 25.7 Å². The standard InChI is InChI=1S/C14H26N4/c1-4-13-7-14(18(5-2)16-13)10-17-9-12(8-15)6-11(17)3/h7,11-12H,4-6,8-10,15H2,1-3H3. The summed E-state index contributed by atoms with van der Waals surface area (Å²) >= 11 is 0. The van der Waals surface area contributed by atoms with E-state index in [-0.39, 0.29) is 0 Å². The highest BCUT2D eigenvalue weighted by atomic mass is 15.3. The third-order valence-corrected chi connectivity index (χ3v) is 4.06. The average Bonchev–Trinajstić information content (AvgIpc) is 2.94. The monoisotopic (exact) mass is 250 g/mol. The quantitative estimate of drug-likeness (QED) is 0.864. The number of nitrogens with two attached hydrogens (primary N) is 1. The fourth-order valence-electron chi connectivity index (χ4n) is 2.91. The molecule has 4 nitrogen and oxygen atoms in total. The predicted molar refractivity (Wildman–Crippen MR) is 74.3 cm³/mol. The van der Waals surface area contributed by atoms with Gasteiger partial charge in [0.1, 0.15) is 0 Å². The van der Waals surface area contributed by atoms with Crippen LogP contribution >= 0.6 is 0 Å². The summed E-state index contributed by atoms with van der Waals surface area (Å²) in [6.45, 7) is 10.5. The van der Waals surface area contributed by atoms with E-state index in [1.807, 2.05) is 0 Å². The molecule has 0 bridgehead atoms. The molecule has 0 spiro atoms. The molecule has 0 saturated carbocycles. The first kappa shape index (κ1) is 13.6. The van der Waals surface area contributed by atoms with E-state index in [2.05, 4.69) is 41.5 Å². The zero-order valence-electron chi connectivity index (χ0n) is 11.9. The first-order valence-corrected chi connectivity index (χ1v) is 7.17. The van der Waals surface area contributed by atoms with Crippen molar-refractivity contribution in [1.82, 2.24) is 14.7 Å². The molecule has 0 aliphatic carbocycles. The minimum Gasteiger partial charge on any atom is -0.330 e. The van der Waals surface area contributed by atoms with E-state index in [1.165, 1.54) is 17.8 Å². The molecule has 4 heteroatoms. The van der Waals surface area contributed by atoms with Crippen molar-refractivity contribution in [1.29, 1.82) is 0 Å². The van der Waals surface area contributed by atoms with Crippen LogP contribution in [0.2, 0.25) is 0 Å². The van der Waals surface area contributed by atoms with Crippen LogP contribution in [0.15, 0.2) is 6.07 Å². The van der Waals surface area contributed by atoms with Crippen molar-refractivity contribution in [2.75, 3.05) is 13.1 Å². The fraction of sp³-hybridized carbons (Fsp3) is 0.786. The van der Waals surface area contributed by atoms with Crippen LogP contribution in [0.5, 0.6) is 0 Å². The van der Waals surface area contributed by atoms with Gasteiger partial charge in [0.15, 0.2) is 0 Å². The number of rotatable bonds is 5. The van der Waals surface area contributed by atoms with Crippen molar-refractivity contribution in [2.45, 2.75) is 52.7 Å². The van der Waals surface area contributed by atoms with E-state index < -0.39 is 0 Å². The molecule has 1 fully saturated rings. The van der Waals surface area contributed by atoms with Gasteiger partial charge in [-0.3, -0.25) is 9.58 Å². The Morgan fingerprint density at radius 1 is 1.44 bits per heavy atom. The Bertz CT molecular complexity index is 385. The average molecular weight is 250 g/mol. The number of aryl methyl sites for hydroxylation is 2. The minimum atomic E-state index is 0.642. The van der Waals surface area contributed by atoms with E-state index in [1.54, 1.807) is 0 Å². The molecule has 2 rings (SSSR count). The van der Waals surface area contributed by atoms with Gasteiger partial charge in [0.05, 0.1) is 11.4 Å². The predicted octanol–water partition coefficient (Wildman–Crippen LogP) is 1.63. The number of likely N-dealkylation sites (tertiary alicyclic amines) is 1. The lowest BCUT2D eigenvalue weighted by Gasteiger charge is -2.21. The molecule has 2 heterocycles. The van der Waals surface area contributed by atoms with Gasteiger partial charge in [0.2, 0.25) is 0 Å². The molecule has 1 aromatic rings. The van der Waals surface area contributed by atoms with Crippen molar-refractivity contribution < 1.29 is 0 Å². The van der Waals surface area contributed by atoms with Crippen LogP contribution in [0.1, 0.15) is 38.6 Å². The van der Waals surface area contributed by atoms with Crippen molar-refractivity contribution in [3.05, 3.63) is 17.5 Å². The zero-order chi connectivity index (χ0) is 13.1. The molecule has 0 aromatic carbocycles. The van der Waals surface area contributed by atoms with Gasteiger partial charge >= 0.3 is 0 Å². The summed E-state index contributed by atoms with van der Waals surface area (Å²) in [5.41, 5.74) is 8.34. The zero-order valence-corrected chi connectivity index (χ0v) is 11.9. The van der Waals surface area contributed by atoms with E-state index >= 15 is 0 Å². The summed E-state index contributed by atoms with van der Waals surface area (Å²) < 4.78 is 2.14. The maximum Gasteiger partial charge on any atom is 0.0625 e. The van der Waals surface area contributed by atoms with Gasteiger partial charge < -0.3 is 5.73 Å².